The molecule has 4 fully saturated rings. The van der Waals surface area contributed by atoms with E-state index in [-0.39, 0.29) is 35.0 Å². The molecule has 0 aromatic heterocycles. The van der Waals surface area contributed by atoms with Crippen molar-refractivity contribution < 1.29 is 19.1 Å². The van der Waals surface area contributed by atoms with Gasteiger partial charge in [0, 0.05) is 24.7 Å². The van der Waals surface area contributed by atoms with Gasteiger partial charge in [0.15, 0.2) is 0 Å². The minimum atomic E-state index is -0.125. The van der Waals surface area contributed by atoms with Gasteiger partial charge in [0.05, 0.1) is 0 Å². The Morgan fingerprint density at radius 3 is 1.18 bits per heavy atom. The Bertz CT molecular complexity index is 595. The van der Waals surface area contributed by atoms with Crippen LogP contribution >= 0.6 is 0 Å². The second-order valence-corrected chi connectivity index (χ2v) is 11.4. The van der Waals surface area contributed by atoms with Gasteiger partial charge in [-0.3, -0.25) is 9.59 Å². The van der Waals surface area contributed by atoms with Crippen LogP contribution in [0.2, 0.25) is 0 Å². The summed E-state index contributed by atoms with van der Waals surface area (Å²) in [4.78, 5) is 22.0. The first-order valence-electron chi connectivity index (χ1n) is 11.1. The predicted octanol–water partition coefficient (Wildman–Crippen LogP) is 5.53. The van der Waals surface area contributed by atoms with Crippen LogP contribution in [0.4, 0.5) is 0 Å². The first kappa shape index (κ1) is 21.6. The van der Waals surface area contributed by atoms with E-state index in [1.165, 1.54) is 39.5 Å². The van der Waals surface area contributed by atoms with Gasteiger partial charge in [-0.1, -0.05) is 41.5 Å². The molecule has 0 amide bonds. The predicted molar refractivity (Wildman–Crippen MR) is 110 cm³/mol. The first-order chi connectivity index (χ1) is 12.8. The van der Waals surface area contributed by atoms with Crippen molar-refractivity contribution in [2.45, 2.75) is 106 Å². The Morgan fingerprint density at radius 2 is 1.00 bits per heavy atom. The summed E-state index contributed by atoms with van der Waals surface area (Å²) in [6, 6.07) is 0. The maximum absolute atomic E-state index is 11.0. The fraction of sp³-hybridized carbons (Fsp3) is 0.917. The van der Waals surface area contributed by atoms with Gasteiger partial charge in [0.1, 0.15) is 12.2 Å². The molecule has 4 nitrogen and oxygen atoms in total. The van der Waals surface area contributed by atoms with Crippen molar-refractivity contribution in [1.29, 1.82) is 0 Å². The average molecular weight is 393 g/mol. The number of fused-ring (bicyclic) bond motifs is 4. The van der Waals surface area contributed by atoms with E-state index >= 15 is 0 Å². The minimum Gasteiger partial charge on any atom is -0.462 e. The van der Waals surface area contributed by atoms with Gasteiger partial charge in [0.25, 0.3) is 0 Å². The third-order valence-electron chi connectivity index (χ3n) is 10.0. The zero-order valence-corrected chi connectivity index (χ0v) is 19.2. The molecule has 4 bridgehead atoms. The molecule has 6 atom stereocenters. The molecule has 0 spiro atoms. The molecule has 160 valence electrons. The average Bonchev–Trinajstić information content (AvgIpc) is 3.06. The van der Waals surface area contributed by atoms with Crippen LogP contribution in [0.1, 0.15) is 93.9 Å². The normalized spacial score (nSPS) is 44.0. The maximum atomic E-state index is 11.0. The second-order valence-electron chi connectivity index (χ2n) is 11.4. The van der Waals surface area contributed by atoms with Crippen LogP contribution in [-0.2, 0) is 19.1 Å². The number of rotatable bonds is 2. The Morgan fingerprint density at radius 1 is 0.679 bits per heavy atom. The molecule has 0 N–H and O–H groups in total. The topological polar surface area (TPSA) is 52.6 Å². The third-order valence-corrected chi connectivity index (χ3v) is 10.0. The molecule has 0 aromatic carbocycles. The summed E-state index contributed by atoms with van der Waals surface area (Å²) < 4.78 is 10.9. The number of esters is 2. The fourth-order valence-corrected chi connectivity index (χ4v) is 7.02. The van der Waals surface area contributed by atoms with E-state index in [9.17, 15) is 9.59 Å². The zero-order chi connectivity index (χ0) is 21.1. The van der Waals surface area contributed by atoms with Gasteiger partial charge >= 0.3 is 11.9 Å². The van der Waals surface area contributed by atoms with Crippen molar-refractivity contribution in [3.8, 4) is 0 Å². The molecule has 4 aliphatic rings. The van der Waals surface area contributed by atoms with Gasteiger partial charge in [-0.25, -0.2) is 0 Å². The molecule has 0 radical (unpaired) electrons. The molecule has 0 saturated heterocycles. The highest BCUT2D eigenvalue weighted by atomic mass is 16.5. The Hall–Kier alpha value is -1.06. The monoisotopic (exact) mass is 392 g/mol. The van der Waals surface area contributed by atoms with Gasteiger partial charge in [0.2, 0.25) is 0 Å². The molecule has 0 unspecified atom stereocenters. The third kappa shape index (κ3) is 3.01. The lowest BCUT2D eigenvalue weighted by Gasteiger charge is -2.38. The van der Waals surface area contributed by atoms with E-state index < -0.39 is 0 Å². The lowest BCUT2D eigenvalue weighted by molar-refractivity contribution is -0.155. The van der Waals surface area contributed by atoms with Crippen LogP contribution in [0.5, 0.6) is 0 Å². The van der Waals surface area contributed by atoms with Crippen molar-refractivity contribution in [2.24, 2.45) is 33.5 Å². The Balaban J connectivity index is 0.000000161. The molecule has 0 heterocycles. The van der Waals surface area contributed by atoms with Crippen molar-refractivity contribution in [2.75, 3.05) is 0 Å². The number of carbonyl (C=O) groups excluding carboxylic acids is 2. The highest BCUT2D eigenvalue weighted by Gasteiger charge is 2.63. The van der Waals surface area contributed by atoms with E-state index in [1.807, 2.05) is 0 Å². The van der Waals surface area contributed by atoms with Crippen LogP contribution in [0.15, 0.2) is 0 Å². The summed E-state index contributed by atoms with van der Waals surface area (Å²) in [6.07, 6.45) is 7.50. The second kappa shape index (κ2) is 6.74. The molecule has 4 heteroatoms. The summed E-state index contributed by atoms with van der Waals surface area (Å²) in [5, 5.41) is 0. The van der Waals surface area contributed by atoms with Crippen molar-refractivity contribution in [3.63, 3.8) is 0 Å². The van der Waals surface area contributed by atoms with Gasteiger partial charge in [-0.15, -0.1) is 0 Å². The molecular formula is C24H40O4. The van der Waals surface area contributed by atoms with E-state index in [2.05, 4.69) is 41.5 Å². The summed E-state index contributed by atoms with van der Waals surface area (Å²) in [5.41, 5.74) is 1.10. The highest BCUT2D eigenvalue weighted by molar-refractivity contribution is 5.66. The smallest absolute Gasteiger partial charge is 0.302 e. The Kier molecular flexibility index (Phi) is 5.21. The summed E-state index contributed by atoms with van der Waals surface area (Å²) in [5.74, 6) is 1.24. The van der Waals surface area contributed by atoms with E-state index in [1.54, 1.807) is 0 Å². The SMILES string of the molecule is CC(=O)O[C@@H]1C[C@@H]2CC[C@@]1(C)C2(C)C.CC(=O)O[C@@H]1C[C@@H]2CC[C@@]1(C)C2(C)C. The van der Waals surface area contributed by atoms with E-state index in [0.717, 1.165) is 24.7 Å². The zero-order valence-electron chi connectivity index (χ0n) is 19.2. The van der Waals surface area contributed by atoms with Crippen molar-refractivity contribution in [3.05, 3.63) is 0 Å². The summed E-state index contributed by atoms with van der Waals surface area (Å²) >= 11 is 0. The lowest BCUT2D eigenvalue weighted by atomic mass is 9.70. The number of hydrogen-bond acceptors (Lipinski definition) is 4. The van der Waals surface area contributed by atoms with E-state index in [0.29, 0.717) is 10.8 Å². The Labute approximate surface area is 171 Å². The molecular weight excluding hydrogens is 352 g/mol. The molecule has 0 aromatic rings. The molecule has 4 aliphatic carbocycles. The first-order valence-corrected chi connectivity index (χ1v) is 11.1. The minimum absolute atomic E-state index is 0.125. The van der Waals surface area contributed by atoms with Gasteiger partial charge < -0.3 is 9.47 Å². The van der Waals surface area contributed by atoms with Gasteiger partial charge in [-0.2, -0.15) is 0 Å². The molecule has 4 rings (SSSR count). The summed E-state index contributed by atoms with van der Waals surface area (Å²) in [7, 11) is 0. The standard InChI is InChI=1S/2C12H20O2/c2*1-8(13)14-10-7-9-5-6-12(10,4)11(9,2)3/h2*9-10H,5-7H2,1-4H3/t2*9-,10+,12+/m00/s1. The molecule has 28 heavy (non-hydrogen) atoms. The molecule has 0 aliphatic heterocycles. The molecule has 4 saturated carbocycles. The lowest BCUT2D eigenvalue weighted by Crippen LogP contribution is -2.37. The van der Waals surface area contributed by atoms with Crippen molar-refractivity contribution >= 4 is 11.9 Å². The van der Waals surface area contributed by atoms with Crippen LogP contribution in [0, 0.1) is 33.5 Å². The van der Waals surface area contributed by atoms with Crippen LogP contribution < -0.4 is 0 Å². The maximum Gasteiger partial charge on any atom is 0.302 e. The number of hydrogen-bond donors (Lipinski definition) is 0. The van der Waals surface area contributed by atoms with Crippen molar-refractivity contribution in [1.82, 2.24) is 0 Å². The van der Waals surface area contributed by atoms with E-state index in [4.69, 9.17) is 9.47 Å². The van der Waals surface area contributed by atoms with Gasteiger partial charge in [-0.05, 0) is 61.2 Å². The largest absolute Gasteiger partial charge is 0.462 e. The highest BCUT2D eigenvalue weighted by Crippen LogP contribution is 2.67. The quantitative estimate of drug-likeness (QED) is 0.580. The number of ether oxygens (including phenoxy) is 2. The fourth-order valence-electron chi connectivity index (χ4n) is 7.02. The van der Waals surface area contributed by atoms with Crippen LogP contribution in [0.3, 0.4) is 0 Å². The number of carbonyl (C=O) groups is 2. The van der Waals surface area contributed by atoms with Crippen LogP contribution in [-0.4, -0.2) is 24.1 Å². The summed E-state index contributed by atoms with van der Waals surface area (Å²) in [6.45, 7) is 16.9. The van der Waals surface area contributed by atoms with Crippen LogP contribution in [0.25, 0.3) is 0 Å².